The number of hydrogen-bond donors (Lipinski definition) is 2. The summed E-state index contributed by atoms with van der Waals surface area (Å²) >= 11 is 0. The standard InChI is InChI=1S/C16H28F3N5O3S/c1-12(2)9-20-15(22-11-14(25)23(3)4)21-10-13-5-7-24(8-6-13)28(26,27)16(17,18)19/h13H,1,5-11H2,2-4H3,(H2,20,21,22). The molecule has 0 bridgehead atoms. The molecule has 0 atom stereocenters. The first-order valence-electron chi connectivity index (χ1n) is 8.77. The van der Waals surface area contributed by atoms with E-state index in [2.05, 4.69) is 22.2 Å². The van der Waals surface area contributed by atoms with E-state index in [0.717, 1.165) is 5.57 Å². The number of carbonyl (C=O) groups is 1. The number of amides is 1. The van der Waals surface area contributed by atoms with Gasteiger partial charge in [-0.2, -0.15) is 17.5 Å². The van der Waals surface area contributed by atoms with E-state index >= 15 is 0 Å². The normalized spacial score (nSPS) is 17.3. The lowest BCUT2D eigenvalue weighted by Gasteiger charge is -2.31. The molecule has 0 aromatic heterocycles. The number of hydrogen-bond acceptors (Lipinski definition) is 4. The molecule has 1 rings (SSSR count). The van der Waals surface area contributed by atoms with E-state index in [1.807, 2.05) is 6.92 Å². The van der Waals surface area contributed by atoms with Crippen LogP contribution < -0.4 is 10.6 Å². The van der Waals surface area contributed by atoms with E-state index in [0.29, 0.717) is 36.2 Å². The fourth-order valence-electron chi connectivity index (χ4n) is 2.44. The minimum Gasteiger partial charge on any atom is -0.356 e. The van der Waals surface area contributed by atoms with Crippen LogP contribution in [0.4, 0.5) is 13.2 Å². The maximum absolute atomic E-state index is 12.6. The van der Waals surface area contributed by atoms with E-state index in [-0.39, 0.29) is 31.5 Å². The number of guanidine groups is 1. The number of nitrogens with zero attached hydrogens (tertiary/aromatic N) is 3. The summed E-state index contributed by atoms with van der Waals surface area (Å²) in [5.74, 6) is 0.201. The fourth-order valence-corrected chi connectivity index (χ4v) is 3.42. The average molecular weight is 427 g/mol. The Balaban J connectivity index is 2.60. The maximum atomic E-state index is 12.6. The molecule has 0 unspecified atom stereocenters. The molecular weight excluding hydrogens is 399 g/mol. The van der Waals surface area contributed by atoms with Crippen LogP contribution in [0.2, 0.25) is 0 Å². The van der Waals surface area contributed by atoms with Crippen molar-refractivity contribution in [3.63, 3.8) is 0 Å². The van der Waals surface area contributed by atoms with Crippen LogP contribution in [0, 0.1) is 5.92 Å². The van der Waals surface area contributed by atoms with E-state index in [1.54, 1.807) is 14.1 Å². The van der Waals surface area contributed by atoms with Gasteiger partial charge in [-0.1, -0.05) is 12.2 Å². The highest BCUT2D eigenvalue weighted by Gasteiger charge is 2.50. The van der Waals surface area contributed by atoms with Gasteiger partial charge < -0.3 is 15.5 Å². The van der Waals surface area contributed by atoms with Crippen molar-refractivity contribution in [1.29, 1.82) is 0 Å². The van der Waals surface area contributed by atoms with Crippen molar-refractivity contribution in [1.82, 2.24) is 19.8 Å². The van der Waals surface area contributed by atoms with Gasteiger partial charge in [-0.05, 0) is 25.7 Å². The Bertz CT molecular complexity index is 684. The van der Waals surface area contributed by atoms with Gasteiger partial charge in [-0.25, -0.2) is 13.4 Å². The Morgan fingerprint density at radius 2 is 1.82 bits per heavy atom. The molecule has 28 heavy (non-hydrogen) atoms. The van der Waals surface area contributed by atoms with Crippen LogP contribution in [0.5, 0.6) is 0 Å². The van der Waals surface area contributed by atoms with Crippen molar-refractivity contribution in [2.45, 2.75) is 25.3 Å². The summed E-state index contributed by atoms with van der Waals surface area (Å²) in [6, 6.07) is 0. The van der Waals surface area contributed by atoms with Crippen molar-refractivity contribution in [2.75, 3.05) is 46.8 Å². The average Bonchev–Trinajstić information content (AvgIpc) is 2.59. The molecule has 0 saturated carbocycles. The Morgan fingerprint density at radius 1 is 1.25 bits per heavy atom. The summed E-state index contributed by atoms with van der Waals surface area (Å²) in [7, 11) is -2.03. The summed E-state index contributed by atoms with van der Waals surface area (Å²) in [4.78, 5) is 17.3. The zero-order chi connectivity index (χ0) is 21.5. The first-order chi connectivity index (χ1) is 12.8. The highest BCUT2D eigenvalue weighted by Crippen LogP contribution is 2.30. The largest absolute Gasteiger partial charge is 0.511 e. The van der Waals surface area contributed by atoms with Crippen LogP contribution in [-0.2, 0) is 14.8 Å². The van der Waals surface area contributed by atoms with Gasteiger partial charge in [0.1, 0.15) is 6.54 Å². The first kappa shape index (κ1) is 24.2. The molecule has 0 aliphatic carbocycles. The second-order valence-corrected chi connectivity index (χ2v) is 8.87. The number of likely N-dealkylation sites (N-methyl/N-ethyl adjacent to an activating group) is 1. The van der Waals surface area contributed by atoms with E-state index in [9.17, 15) is 26.4 Å². The predicted octanol–water partition coefficient (Wildman–Crippen LogP) is 0.748. The molecule has 0 radical (unpaired) electrons. The number of piperidine rings is 1. The number of aliphatic imine (C=N–C) groups is 1. The van der Waals surface area contributed by atoms with Crippen LogP contribution in [-0.4, -0.2) is 81.8 Å². The van der Waals surface area contributed by atoms with Gasteiger partial charge in [0.25, 0.3) is 0 Å². The molecule has 12 heteroatoms. The van der Waals surface area contributed by atoms with Gasteiger partial charge >= 0.3 is 15.5 Å². The predicted molar refractivity (Wildman–Crippen MR) is 101 cm³/mol. The highest BCUT2D eigenvalue weighted by molar-refractivity contribution is 7.90. The van der Waals surface area contributed by atoms with Gasteiger partial charge in [-0.15, -0.1) is 0 Å². The van der Waals surface area contributed by atoms with Crippen LogP contribution in [0.3, 0.4) is 0 Å². The third kappa shape index (κ3) is 7.30. The van der Waals surface area contributed by atoms with Crippen molar-refractivity contribution < 1.29 is 26.4 Å². The molecule has 1 aliphatic heterocycles. The minimum absolute atomic E-state index is 0.0129. The Kier molecular flexibility index (Phi) is 8.74. The lowest BCUT2D eigenvalue weighted by atomic mass is 9.98. The van der Waals surface area contributed by atoms with Crippen LogP contribution >= 0.6 is 0 Å². The van der Waals surface area contributed by atoms with Crippen LogP contribution in [0.1, 0.15) is 19.8 Å². The maximum Gasteiger partial charge on any atom is 0.511 e. The molecule has 2 N–H and O–H groups in total. The molecule has 1 saturated heterocycles. The zero-order valence-electron chi connectivity index (χ0n) is 16.3. The molecule has 1 fully saturated rings. The lowest BCUT2D eigenvalue weighted by molar-refractivity contribution is -0.127. The molecule has 1 heterocycles. The fraction of sp³-hybridized carbons (Fsp3) is 0.750. The first-order valence-corrected chi connectivity index (χ1v) is 10.2. The van der Waals surface area contributed by atoms with Gasteiger partial charge in [-0.3, -0.25) is 4.79 Å². The number of alkyl halides is 3. The topological polar surface area (TPSA) is 94.1 Å². The molecule has 0 aromatic carbocycles. The monoisotopic (exact) mass is 427 g/mol. The van der Waals surface area contributed by atoms with E-state index < -0.39 is 15.5 Å². The van der Waals surface area contributed by atoms with Crippen molar-refractivity contribution in [3.8, 4) is 0 Å². The molecular formula is C16H28F3N5O3S. The molecule has 1 amide bonds. The molecule has 0 aromatic rings. The van der Waals surface area contributed by atoms with Crippen molar-refractivity contribution in [3.05, 3.63) is 12.2 Å². The van der Waals surface area contributed by atoms with E-state index in [4.69, 9.17) is 0 Å². The summed E-state index contributed by atoms with van der Waals surface area (Å²) in [6.45, 7) is 6.03. The number of carbonyl (C=O) groups excluding carboxylic acids is 1. The SMILES string of the molecule is C=C(C)CNC(=NCC(=O)N(C)C)NCC1CCN(S(=O)(=O)C(F)(F)F)CC1. The summed E-state index contributed by atoms with van der Waals surface area (Å²) in [5.41, 5.74) is -4.41. The van der Waals surface area contributed by atoms with Gasteiger partial charge in [0, 0.05) is 40.3 Å². The third-order valence-corrected chi connectivity index (χ3v) is 5.82. The zero-order valence-corrected chi connectivity index (χ0v) is 17.2. The van der Waals surface area contributed by atoms with Crippen molar-refractivity contribution >= 4 is 21.9 Å². The quantitative estimate of drug-likeness (QED) is 0.355. The number of halogens is 3. The number of nitrogens with one attached hydrogen (secondary N) is 2. The van der Waals surface area contributed by atoms with Crippen LogP contribution in [0.25, 0.3) is 0 Å². The van der Waals surface area contributed by atoms with Gasteiger partial charge in [0.2, 0.25) is 5.91 Å². The van der Waals surface area contributed by atoms with Gasteiger partial charge in [0.15, 0.2) is 5.96 Å². The third-order valence-electron chi connectivity index (χ3n) is 4.19. The lowest BCUT2D eigenvalue weighted by Crippen LogP contribution is -2.47. The second-order valence-electron chi connectivity index (χ2n) is 6.94. The van der Waals surface area contributed by atoms with E-state index in [1.165, 1.54) is 4.90 Å². The summed E-state index contributed by atoms with van der Waals surface area (Å²) in [6.07, 6.45) is 0.597. The second kappa shape index (κ2) is 10.1. The smallest absolute Gasteiger partial charge is 0.356 e. The number of rotatable bonds is 7. The van der Waals surface area contributed by atoms with Crippen molar-refractivity contribution in [2.24, 2.45) is 10.9 Å². The van der Waals surface area contributed by atoms with Gasteiger partial charge in [0.05, 0.1) is 0 Å². The Labute approximate surface area is 163 Å². The number of sulfonamides is 1. The van der Waals surface area contributed by atoms with Crippen LogP contribution in [0.15, 0.2) is 17.1 Å². The Hall–Kier alpha value is -1.82. The summed E-state index contributed by atoms with van der Waals surface area (Å²) in [5, 5.41) is 6.08. The molecule has 162 valence electrons. The molecule has 8 nitrogen and oxygen atoms in total. The molecule has 1 aliphatic rings. The summed E-state index contributed by atoms with van der Waals surface area (Å²) < 4.78 is 61.2. The Morgan fingerprint density at radius 3 is 2.29 bits per heavy atom. The molecule has 0 spiro atoms. The highest BCUT2D eigenvalue weighted by atomic mass is 32.2. The minimum atomic E-state index is -5.27.